The number of alkyl halides is 1. The molecular formula is C14H21ClO2. The van der Waals surface area contributed by atoms with Gasteiger partial charge >= 0.3 is 5.97 Å². The van der Waals surface area contributed by atoms with Crippen LogP contribution in [0.3, 0.4) is 0 Å². The smallest absolute Gasteiger partial charge is 0.308 e. The topological polar surface area (TPSA) is 26.3 Å². The second-order valence-electron chi connectivity index (χ2n) is 4.17. The zero-order chi connectivity index (χ0) is 13.3. The van der Waals surface area contributed by atoms with Gasteiger partial charge in [0.1, 0.15) is 0 Å². The van der Waals surface area contributed by atoms with E-state index in [1.807, 2.05) is 13.8 Å². The zero-order valence-corrected chi connectivity index (χ0v) is 11.6. The van der Waals surface area contributed by atoms with Gasteiger partial charge in [-0.05, 0) is 18.9 Å². The van der Waals surface area contributed by atoms with Crippen LogP contribution in [0.2, 0.25) is 0 Å². The number of carbonyl (C=O) groups excluding carboxylic acids is 1. The minimum atomic E-state index is -0.359. The van der Waals surface area contributed by atoms with Gasteiger partial charge in [-0.1, -0.05) is 38.7 Å². The molecule has 0 aliphatic rings. The third-order valence-corrected chi connectivity index (χ3v) is 2.43. The van der Waals surface area contributed by atoms with Gasteiger partial charge in [-0.2, -0.15) is 0 Å². The van der Waals surface area contributed by atoms with Crippen LogP contribution in [0.5, 0.6) is 0 Å². The molecule has 0 radical (unpaired) electrons. The molecule has 0 aliphatic carbocycles. The minimum absolute atomic E-state index is 0.228. The first kappa shape index (κ1) is 16.1. The van der Waals surface area contributed by atoms with Crippen LogP contribution in [0.25, 0.3) is 0 Å². The molecule has 0 aliphatic heterocycles. The lowest BCUT2D eigenvalue weighted by molar-refractivity contribution is -0.147. The van der Waals surface area contributed by atoms with Crippen molar-refractivity contribution in [2.45, 2.75) is 46.1 Å². The molecule has 0 saturated heterocycles. The molecule has 96 valence electrons. The van der Waals surface area contributed by atoms with E-state index in [1.54, 1.807) is 0 Å². The molecule has 0 bridgehead atoms. The summed E-state index contributed by atoms with van der Waals surface area (Å²) in [6.45, 7) is 9.68. The third kappa shape index (κ3) is 7.88. The van der Waals surface area contributed by atoms with Crippen molar-refractivity contribution in [3.63, 3.8) is 0 Å². The van der Waals surface area contributed by atoms with Gasteiger partial charge in [-0.15, -0.1) is 11.6 Å². The van der Waals surface area contributed by atoms with E-state index in [2.05, 4.69) is 25.3 Å². The van der Waals surface area contributed by atoms with Gasteiger partial charge in [0.15, 0.2) is 6.10 Å². The quantitative estimate of drug-likeness (QED) is 0.413. The van der Waals surface area contributed by atoms with Crippen molar-refractivity contribution in [1.29, 1.82) is 0 Å². The first-order valence-corrected chi connectivity index (χ1v) is 6.47. The SMILES string of the molecule is C=C(C)C#CC(OC(=O)CCCl)C(C)CCC. The van der Waals surface area contributed by atoms with Crippen molar-refractivity contribution >= 4 is 17.6 Å². The number of ether oxygens (including phenoxy) is 1. The summed E-state index contributed by atoms with van der Waals surface area (Å²) in [5.74, 6) is 6.05. The van der Waals surface area contributed by atoms with Crippen LogP contribution >= 0.6 is 11.6 Å². The Morgan fingerprint density at radius 1 is 1.53 bits per heavy atom. The first-order chi connectivity index (χ1) is 8.01. The highest BCUT2D eigenvalue weighted by molar-refractivity contribution is 6.18. The Bertz CT molecular complexity index is 312. The van der Waals surface area contributed by atoms with Crippen LogP contribution in [-0.2, 0) is 9.53 Å². The highest BCUT2D eigenvalue weighted by atomic mass is 35.5. The van der Waals surface area contributed by atoms with E-state index in [-0.39, 0.29) is 30.3 Å². The van der Waals surface area contributed by atoms with Crippen LogP contribution in [0.4, 0.5) is 0 Å². The summed E-state index contributed by atoms with van der Waals surface area (Å²) in [5, 5.41) is 0. The van der Waals surface area contributed by atoms with E-state index in [9.17, 15) is 4.79 Å². The second-order valence-corrected chi connectivity index (χ2v) is 4.54. The Balaban J connectivity index is 4.57. The lowest BCUT2D eigenvalue weighted by Gasteiger charge is -2.18. The Hall–Kier alpha value is -0.940. The van der Waals surface area contributed by atoms with Crippen LogP contribution < -0.4 is 0 Å². The van der Waals surface area contributed by atoms with Crippen molar-refractivity contribution in [2.24, 2.45) is 5.92 Å². The molecule has 0 aromatic carbocycles. The van der Waals surface area contributed by atoms with Crippen LogP contribution in [0, 0.1) is 17.8 Å². The summed E-state index contributed by atoms with van der Waals surface area (Å²) in [4.78, 5) is 11.4. The summed E-state index contributed by atoms with van der Waals surface area (Å²) in [5.41, 5.74) is 0.770. The van der Waals surface area contributed by atoms with E-state index in [4.69, 9.17) is 16.3 Å². The lowest BCUT2D eigenvalue weighted by atomic mass is 9.99. The van der Waals surface area contributed by atoms with Crippen molar-refractivity contribution < 1.29 is 9.53 Å². The first-order valence-electron chi connectivity index (χ1n) is 5.93. The maximum atomic E-state index is 11.4. The van der Waals surface area contributed by atoms with Crippen molar-refractivity contribution in [2.75, 3.05) is 5.88 Å². The average Bonchev–Trinajstić information content (AvgIpc) is 2.24. The van der Waals surface area contributed by atoms with Gasteiger partial charge < -0.3 is 4.74 Å². The Morgan fingerprint density at radius 3 is 2.65 bits per heavy atom. The number of carbonyl (C=O) groups is 1. The summed E-state index contributed by atoms with van der Waals surface area (Å²) in [7, 11) is 0. The molecule has 0 amide bonds. The van der Waals surface area contributed by atoms with Crippen LogP contribution in [-0.4, -0.2) is 18.0 Å². The highest BCUT2D eigenvalue weighted by Crippen LogP contribution is 2.14. The van der Waals surface area contributed by atoms with Crippen molar-refractivity contribution in [1.82, 2.24) is 0 Å². The molecule has 0 fully saturated rings. The standard InChI is InChI=1S/C14H21ClO2/c1-5-6-12(4)13(8-7-11(2)3)17-14(16)9-10-15/h12-13H,2,5-6,9-10H2,1,3-4H3. The normalized spacial score (nSPS) is 13.2. The van der Waals surface area contributed by atoms with E-state index >= 15 is 0 Å². The van der Waals surface area contributed by atoms with Crippen molar-refractivity contribution in [3.05, 3.63) is 12.2 Å². The number of allylic oxidation sites excluding steroid dienone is 1. The van der Waals surface area contributed by atoms with Crippen molar-refractivity contribution in [3.8, 4) is 11.8 Å². The largest absolute Gasteiger partial charge is 0.449 e. The molecule has 0 saturated carbocycles. The summed E-state index contributed by atoms with van der Waals surface area (Å²) in [6, 6.07) is 0. The van der Waals surface area contributed by atoms with Crippen LogP contribution in [0.15, 0.2) is 12.2 Å². The Kier molecular flexibility index (Phi) is 8.62. The maximum absolute atomic E-state index is 11.4. The predicted octanol–water partition coefficient (Wildman–Crippen LogP) is 3.54. The average molecular weight is 257 g/mol. The summed E-state index contributed by atoms with van der Waals surface area (Å²) in [6.07, 6.45) is 1.89. The fraction of sp³-hybridized carbons (Fsp3) is 0.643. The molecule has 0 N–H and O–H groups in total. The molecule has 2 unspecified atom stereocenters. The van der Waals surface area contributed by atoms with Crippen LogP contribution in [0.1, 0.15) is 40.0 Å². The van der Waals surface area contributed by atoms with Gasteiger partial charge in [0.25, 0.3) is 0 Å². The molecule has 0 heterocycles. The molecule has 2 nitrogen and oxygen atoms in total. The number of esters is 1. The minimum Gasteiger partial charge on any atom is -0.449 e. The molecule has 3 heteroatoms. The molecule has 2 atom stereocenters. The van der Waals surface area contributed by atoms with Gasteiger partial charge in [-0.25, -0.2) is 0 Å². The number of hydrogen-bond acceptors (Lipinski definition) is 2. The fourth-order valence-electron chi connectivity index (χ4n) is 1.37. The number of hydrogen-bond donors (Lipinski definition) is 0. The van der Waals surface area contributed by atoms with E-state index in [0.29, 0.717) is 0 Å². The number of rotatable bonds is 6. The molecular weight excluding hydrogens is 236 g/mol. The Morgan fingerprint density at radius 2 is 2.18 bits per heavy atom. The fourth-order valence-corrected chi connectivity index (χ4v) is 1.52. The third-order valence-electron chi connectivity index (χ3n) is 2.25. The second kappa shape index (κ2) is 9.13. The lowest BCUT2D eigenvalue weighted by Crippen LogP contribution is -2.24. The monoisotopic (exact) mass is 256 g/mol. The van der Waals surface area contributed by atoms with E-state index in [0.717, 1.165) is 18.4 Å². The van der Waals surface area contributed by atoms with Gasteiger partial charge in [0, 0.05) is 11.8 Å². The molecule has 0 aromatic rings. The Labute approximate surface area is 109 Å². The van der Waals surface area contributed by atoms with E-state index < -0.39 is 0 Å². The molecule has 0 rings (SSSR count). The van der Waals surface area contributed by atoms with Gasteiger partial charge in [-0.3, -0.25) is 4.79 Å². The molecule has 17 heavy (non-hydrogen) atoms. The predicted molar refractivity (Wildman–Crippen MR) is 71.9 cm³/mol. The molecule has 0 spiro atoms. The zero-order valence-electron chi connectivity index (χ0n) is 10.9. The van der Waals surface area contributed by atoms with Gasteiger partial charge in [0.2, 0.25) is 0 Å². The summed E-state index contributed by atoms with van der Waals surface area (Å²) < 4.78 is 5.32. The maximum Gasteiger partial charge on any atom is 0.308 e. The number of halogens is 1. The molecule has 0 aromatic heterocycles. The highest BCUT2D eigenvalue weighted by Gasteiger charge is 2.18. The summed E-state index contributed by atoms with van der Waals surface area (Å²) >= 11 is 5.50. The van der Waals surface area contributed by atoms with Gasteiger partial charge in [0.05, 0.1) is 6.42 Å². The van der Waals surface area contributed by atoms with E-state index in [1.165, 1.54) is 0 Å².